The summed E-state index contributed by atoms with van der Waals surface area (Å²) in [5.74, 6) is 1.06. The van der Waals surface area contributed by atoms with E-state index >= 15 is 0 Å². The highest BCUT2D eigenvalue weighted by atomic mass is 16.5. The minimum atomic E-state index is 0.358. The van der Waals surface area contributed by atoms with Gasteiger partial charge in [-0.25, -0.2) is 9.67 Å². The van der Waals surface area contributed by atoms with Crippen LogP contribution in [0.1, 0.15) is 52.4 Å². The van der Waals surface area contributed by atoms with E-state index in [0.717, 1.165) is 44.8 Å². The Morgan fingerprint density at radius 2 is 2.16 bits per heavy atom. The van der Waals surface area contributed by atoms with Crippen molar-refractivity contribution in [2.75, 3.05) is 19.8 Å². The Morgan fingerprint density at radius 1 is 1.37 bits per heavy atom. The number of nitrogens with zero attached hydrogens (tertiary/aromatic N) is 3. The lowest BCUT2D eigenvalue weighted by atomic mass is 10.1. The Balaban J connectivity index is 2.56. The van der Waals surface area contributed by atoms with Gasteiger partial charge in [0.2, 0.25) is 0 Å². The molecule has 110 valence electrons. The van der Waals surface area contributed by atoms with E-state index in [1.54, 1.807) is 6.33 Å². The summed E-state index contributed by atoms with van der Waals surface area (Å²) in [7, 11) is 0. The molecule has 1 aromatic rings. The van der Waals surface area contributed by atoms with E-state index in [4.69, 9.17) is 4.74 Å². The molecule has 0 aliphatic rings. The van der Waals surface area contributed by atoms with Crippen molar-refractivity contribution in [3.8, 4) is 0 Å². The summed E-state index contributed by atoms with van der Waals surface area (Å²) in [5.41, 5.74) is 0. The van der Waals surface area contributed by atoms with Crippen LogP contribution < -0.4 is 5.32 Å². The molecule has 19 heavy (non-hydrogen) atoms. The van der Waals surface area contributed by atoms with Gasteiger partial charge in [0.05, 0.1) is 0 Å². The van der Waals surface area contributed by atoms with Crippen LogP contribution in [0.25, 0.3) is 0 Å². The van der Waals surface area contributed by atoms with Crippen LogP contribution in [0.5, 0.6) is 0 Å². The highest BCUT2D eigenvalue weighted by molar-refractivity contribution is 4.91. The second kappa shape index (κ2) is 9.04. The molecule has 1 N–H and O–H groups in total. The van der Waals surface area contributed by atoms with Gasteiger partial charge in [-0.1, -0.05) is 6.92 Å². The first kappa shape index (κ1) is 16.1. The Bertz CT molecular complexity index is 338. The maximum absolute atomic E-state index is 5.46. The average Bonchev–Trinajstić information content (AvgIpc) is 2.84. The lowest BCUT2D eigenvalue weighted by Crippen LogP contribution is -2.34. The van der Waals surface area contributed by atoms with Crippen LogP contribution in [0.2, 0.25) is 0 Å². The van der Waals surface area contributed by atoms with E-state index in [-0.39, 0.29) is 0 Å². The van der Waals surface area contributed by atoms with Gasteiger partial charge in [-0.2, -0.15) is 5.10 Å². The predicted molar refractivity (Wildman–Crippen MR) is 77.3 cm³/mol. The number of ether oxygens (including phenoxy) is 1. The minimum Gasteiger partial charge on any atom is -0.382 e. The molecule has 1 unspecified atom stereocenters. The van der Waals surface area contributed by atoms with E-state index in [1.165, 1.54) is 0 Å². The Hall–Kier alpha value is -0.940. The maximum atomic E-state index is 5.46. The standard InChI is InChI=1S/C14H28N4O/c1-5-8-15-13(7-9-19-6-2)10-14-16-11-17-18(14)12(3)4/h11-13,15H,5-10H2,1-4H3. The monoisotopic (exact) mass is 268 g/mol. The quantitative estimate of drug-likeness (QED) is 0.661. The third-order valence-electron chi connectivity index (χ3n) is 3.06. The van der Waals surface area contributed by atoms with Gasteiger partial charge in [0.25, 0.3) is 0 Å². The van der Waals surface area contributed by atoms with E-state index in [1.807, 2.05) is 11.6 Å². The summed E-state index contributed by atoms with van der Waals surface area (Å²) < 4.78 is 7.46. The molecule has 1 atom stereocenters. The molecule has 0 spiro atoms. The zero-order valence-corrected chi connectivity index (χ0v) is 12.7. The molecule has 0 aliphatic carbocycles. The fourth-order valence-electron chi connectivity index (χ4n) is 2.07. The van der Waals surface area contributed by atoms with E-state index < -0.39 is 0 Å². The van der Waals surface area contributed by atoms with E-state index in [2.05, 4.69) is 36.2 Å². The van der Waals surface area contributed by atoms with Crippen LogP contribution in [0.3, 0.4) is 0 Å². The van der Waals surface area contributed by atoms with Crippen LogP contribution in [0.15, 0.2) is 6.33 Å². The van der Waals surface area contributed by atoms with Crippen molar-refractivity contribution in [3.63, 3.8) is 0 Å². The molecule has 1 rings (SSSR count). The van der Waals surface area contributed by atoms with Crippen LogP contribution >= 0.6 is 0 Å². The van der Waals surface area contributed by atoms with Crippen molar-refractivity contribution in [2.45, 2.75) is 59.0 Å². The number of rotatable bonds is 10. The van der Waals surface area contributed by atoms with Crippen LogP contribution in [-0.2, 0) is 11.2 Å². The van der Waals surface area contributed by atoms with Crippen LogP contribution in [-0.4, -0.2) is 40.6 Å². The third kappa shape index (κ3) is 5.70. The smallest absolute Gasteiger partial charge is 0.138 e. The van der Waals surface area contributed by atoms with Gasteiger partial charge in [0.15, 0.2) is 0 Å². The first-order chi connectivity index (χ1) is 9.19. The zero-order valence-electron chi connectivity index (χ0n) is 12.7. The van der Waals surface area contributed by atoms with Gasteiger partial charge >= 0.3 is 0 Å². The summed E-state index contributed by atoms with van der Waals surface area (Å²) in [6, 6.07) is 0.768. The highest BCUT2D eigenvalue weighted by Gasteiger charge is 2.14. The molecule has 0 aromatic carbocycles. The van der Waals surface area contributed by atoms with Gasteiger partial charge in [-0.3, -0.25) is 0 Å². The molecule has 5 nitrogen and oxygen atoms in total. The van der Waals surface area contributed by atoms with Gasteiger partial charge in [0, 0.05) is 31.7 Å². The van der Waals surface area contributed by atoms with Gasteiger partial charge in [-0.15, -0.1) is 0 Å². The first-order valence-electron chi connectivity index (χ1n) is 7.38. The summed E-state index contributed by atoms with van der Waals surface area (Å²) in [4.78, 5) is 4.38. The molecule has 0 amide bonds. The second-order valence-electron chi connectivity index (χ2n) is 5.06. The minimum absolute atomic E-state index is 0.358. The van der Waals surface area contributed by atoms with Crippen LogP contribution in [0, 0.1) is 0 Å². The molecular formula is C14H28N4O. The van der Waals surface area contributed by atoms with Crippen molar-refractivity contribution in [1.82, 2.24) is 20.1 Å². The summed E-state index contributed by atoms with van der Waals surface area (Å²) in [6.45, 7) is 11.1. The normalized spacial score (nSPS) is 13.1. The largest absolute Gasteiger partial charge is 0.382 e. The fourth-order valence-corrected chi connectivity index (χ4v) is 2.07. The number of nitrogens with one attached hydrogen (secondary N) is 1. The average molecular weight is 268 g/mol. The van der Waals surface area contributed by atoms with Gasteiger partial charge in [0.1, 0.15) is 12.2 Å². The number of hydrogen-bond donors (Lipinski definition) is 1. The molecular weight excluding hydrogens is 240 g/mol. The molecule has 0 saturated carbocycles. The molecule has 5 heteroatoms. The predicted octanol–water partition coefficient (Wildman–Crippen LogP) is 2.20. The molecule has 0 saturated heterocycles. The molecule has 0 bridgehead atoms. The SMILES string of the molecule is CCCNC(CCOCC)Cc1ncnn1C(C)C. The molecule has 1 aromatic heterocycles. The Labute approximate surface area is 116 Å². The molecule has 0 fully saturated rings. The van der Waals surface area contributed by atoms with Crippen LogP contribution in [0.4, 0.5) is 0 Å². The zero-order chi connectivity index (χ0) is 14.1. The van der Waals surface area contributed by atoms with Crippen molar-refractivity contribution >= 4 is 0 Å². The Kier molecular flexibility index (Phi) is 7.67. The lowest BCUT2D eigenvalue weighted by molar-refractivity contribution is 0.136. The van der Waals surface area contributed by atoms with Crippen molar-refractivity contribution < 1.29 is 4.74 Å². The maximum Gasteiger partial charge on any atom is 0.138 e. The molecule has 0 aliphatic heterocycles. The van der Waals surface area contributed by atoms with Gasteiger partial charge in [-0.05, 0) is 40.2 Å². The van der Waals surface area contributed by atoms with E-state index in [9.17, 15) is 0 Å². The molecule has 1 heterocycles. The Morgan fingerprint density at radius 3 is 2.79 bits per heavy atom. The summed E-state index contributed by atoms with van der Waals surface area (Å²) >= 11 is 0. The molecule has 0 radical (unpaired) electrons. The van der Waals surface area contributed by atoms with E-state index in [0.29, 0.717) is 12.1 Å². The summed E-state index contributed by atoms with van der Waals surface area (Å²) in [6.07, 6.45) is 4.71. The third-order valence-corrected chi connectivity index (χ3v) is 3.06. The van der Waals surface area contributed by atoms with Gasteiger partial charge < -0.3 is 10.1 Å². The first-order valence-corrected chi connectivity index (χ1v) is 7.38. The second-order valence-corrected chi connectivity index (χ2v) is 5.06. The van der Waals surface area contributed by atoms with Crippen molar-refractivity contribution in [2.24, 2.45) is 0 Å². The topological polar surface area (TPSA) is 52.0 Å². The van der Waals surface area contributed by atoms with Crippen molar-refractivity contribution in [1.29, 1.82) is 0 Å². The highest BCUT2D eigenvalue weighted by Crippen LogP contribution is 2.09. The lowest BCUT2D eigenvalue weighted by Gasteiger charge is -2.19. The fraction of sp³-hybridized carbons (Fsp3) is 0.857. The number of aromatic nitrogens is 3. The number of hydrogen-bond acceptors (Lipinski definition) is 4. The summed E-state index contributed by atoms with van der Waals surface area (Å²) in [5, 5.41) is 7.86. The van der Waals surface area contributed by atoms with Crippen molar-refractivity contribution in [3.05, 3.63) is 12.2 Å².